The molecule has 2 aromatic rings. The van der Waals surface area contributed by atoms with Gasteiger partial charge in [0, 0.05) is 18.7 Å². The Bertz CT molecular complexity index is 647. The molecule has 94 valence electrons. The van der Waals surface area contributed by atoms with Gasteiger partial charge in [-0.05, 0) is 18.6 Å². The first-order valence-corrected chi connectivity index (χ1v) is 6.13. The highest BCUT2D eigenvalue weighted by atomic mass is 16.2. The quantitative estimate of drug-likeness (QED) is 0.885. The van der Waals surface area contributed by atoms with Crippen LogP contribution in [0.2, 0.25) is 0 Å². The van der Waals surface area contributed by atoms with Crippen LogP contribution >= 0.6 is 0 Å². The molecule has 0 saturated carbocycles. The molecule has 0 atom stereocenters. The van der Waals surface area contributed by atoms with Gasteiger partial charge in [-0.1, -0.05) is 12.1 Å². The topological polar surface area (TPSA) is 72.8 Å². The molecule has 1 amide bonds. The molecule has 0 unspecified atom stereocenters. The van der Waals surface area contributed by atoms with Crippen molar-refractivity contribution < 1.29 is 4.79 Å². The molecule has 0 radical (unpaired) electrons. The predicted octanol–water partition coefficient (Wildman–Crippen LogP) is 1.79. The van der Waals surface area contributed by atoms with Gasteiger partial charge < -0.3 is 4.90 Å². The maximum atomic E-state index is 12.2. The van der Waals surface area contributed by atoms with Gasteiger partial charge in [0.25, 0.3) is 5.91 Å². The summed E-state index contributed by atoms with van der Waals surface area (Å²) in [4.78, 5) is 14.0. The number of carbonyl (C=O) groups is 1. The Morgan fingerprint density at radius 1 is 1.32 bits per heavy atom. The maximum absolute atomic E-state index is 12.2. The van der Waals surface area contributed by atoms with Crippen LogP contribution in [0.3, 0.4) is 0 Å². The van der Waals surface area contributed by atoms with E-state index in [0.717, 1.165) is 25.1 Å². The van der Waals surface area contributed by atoms with Gasteiger partial charge in [-0.3, -0.25) is 9.89 Å². The lowest BCUT2D eigenvalue weighted by atomic mass is 10.0. The summed E-state index contributed by atoms with van der Waals surface area (Å²) in [5.74, 6) is 0.0133. The van der Waals surface area contributed by atoms with Crippen molar-refractivity contribution in [3.05, 3.63) is 41.6 Å². The van der Waals surface area contributed by atoms with Gasteiger partial charge in [-0.15, -0.1) is 0 Å². The summed E-state index contributed by atoms with van der Waals surface area (Å²) in [7, 11) is 0. The van der Waals surface area contributed by atoms with Gasteiger partial charge in [-0.2, -0.15) is 10.4 Å². The summed E-state index contributed by atoms with van der Waals surface area (Å²) in [6.07, 6.45) is 2.63. The first kappa shape index (κ1) is 11.5. The number of likely N-dealkylation sites (tertiary alicyclic amines) is 1. The highest BCUT2D eigenvalue weighted by Gasteiger charge is 2.25. The van der Waals surface area contributed by atoms with Crippen molar-refractivity contribution in [2.45, 2.75) is 6.42 Å². The van der Waals surface area contributed by atoms with Crippen LogP contribution < -0.4 is 0 Å². The van der Waals surface area contributed by atoms with Crippen LogP contribution in [0.25, 0.3) is 11.3 Å². The molecular weight excluding hydrogens is 240 g/mol. The normalized spacial score (nSPS) is 13.7. The average molecular weight is 252 g/mol. The minimum absolute atomic E-state index is 0.0133. The SMILES string of the molecule is N#Cc1ccc(-c2[nH]ncc2C(=O)N2CCC2)cc1. The van der Waals surface area contributed by atoms with E-state index in [1.807, 2.05) is 12.1 Å². The highest BCUT2D eigenvalue weighted by molar-refractivity contribution is 6.00. The molecule has 1 aliphatic rings. The van der Waals surface area contributed by atoms with E-state index in [-0.39, 0.29) is 5.91 Å². The molecule has 2 heterocycles. The minimum Gasteiger partial charge on any atom is -0.338 e. The van der Waals surface area contributed by atoms with Crippen molar-refractivity contribution in [1.82, 2.24) is 15.1 Å². The standard InChI is InChI=1S/C14H12N4O/c15-8-10-2-4-11(5-3-10)13-12(9-16-17-13)14(19)18-6-1-7-18/h2-5,9H,1,6-7H2,(H,16,17). The van der Waals surface area contributed by atoms with E-state index in [1.54, 1.807) is 23.2 Å². The number of aromatic nitrogens is 2. The highest BCUT2D eigenvalue weighted by Crippen LogP contribution is 2.24. The summed E-state index contributed by atoms with van der Waals surface area (Å²) in [5.41, 5.74) is 2.75. The molecule has 1 saturated heterocycles. The number of hydrogen-bond donors (Lipinski definition) is 1. The zero-order valence-electron chi connectivity index (χ0n) is 10.3. The van der Waals surface area contributed by atoms with Crippen LogP contribution in [0.15, 0.2) is 30.5 Å². The van der Waals surface area contributed by atoms with Gasteiger partial charge in [0.1, 0.15) is 0 Å². The Hall–Kier alpha value is -2.61. The second kappa shape index (κ2) is 4.58. The second-order valence-corrected chi connectivity index (χ2v) is 4.49. The number of nitriles is 1. The largest absolute Gasteiger partial charge is 0.338 e. The van der Waals surface area contributed by atoms with Crippen molar-refractivity contribution in [2.24, 2.45) is 0 Å². The van der Waals surface area contributed by atoms with E-state index in [0.29, 0.717) is 16.8 Å². The molecular formula is C14H12N4O. The molecule has 1 aromatic heterocycles. The lowest BCUT2D eigenvalue weighted by molar-refractivity contribution is 0.0652. The fraction of sp³-hybridized carbons (Fsp3) is 0.214. The predicted molar refractivity (Wildman–Crippen MR) is 69.3 cm³/mol. The molecule has 5 heteroatoms. The van der Waals surface area contributed by atoms with Crippen molar-refractivity contribution in [3.63, 3.8) is 0 Å². The fourth-order valence-corrected chi connectivity index (χ4v) is 2.07. The van der Waals surface area contributed by atoms with E-state index in [9.17, 15) is 4.79 Å². The summed E-state index contributed by atoms with van der Waals surface area (Å²) < 4.78 is 0. The van der Waals surface area contributed by atoms with Crippen LogP contribution in [0.4, 0.5) is 0 Å². The number of aromatic amines is 1. The first-order chi connectivity index (χ1) is 9.29. The number of carbonyl (C=O) groups excluding carboxylic acids is 1. The third-order valence-electron chi connectivity index (χ3n) is 3.32. The summed E-state index contributed by atoms with van der Waals surface area (Å²) in [6, 6.07) is 9.17. The van der Waals surface area contributed by atoms with Crippen LogP contribution in [0, 0.1) is 11.3 Å². The Labute approximate surface area is 110 Å². The molecule has 0 bridgehead atoms. The average Bonchev–Trinajstić information content (AvgIpc) is 2.86. The Morgan fingerprint density at radius 3 is 2.63 bits per heavy atom. The molecule has 1 fully saturated rings. The Kier molecular flexibility index (Phi) is 2.76. The third-order valence-corrected chi connectivity index (χ3v) is 3.32. The van der Waals surface area contributed by atoms with E-state index < -0.39 is 0 Å². The fourth-order valence-electron chi connectivity index (χ4n) is 2.07. The third kappa shape index (κ3) is 1.97. The van der Waals surface area contributed by atoms with Crippen LogP contribution in [0.5, 0.6) is 0 Å². The zero-order valence-corrected chi connectivity index (χ0v) is 10.3. The lowest BCUT2D eigenvalue weighted by Crippen LogP contribution is -2.42. The van der Waals surface area contributed by atoms with Gasteiger partial charge >= 0.3 is 0 Å². The van der Waals surface area contributed by atoms with Gasteiger partial charge in [0.2, 0.25) is 0 Å². The van der Waals surface area contributed by atoms with Crippen molar-refractivity contribution in [2.75, 3.05) is 13.1 Å². The number of benzene rings is 1. The van der Waals surface area contributed by atoms with Crippen LogP contribution in [-0.4, -0.2) is 34.1 Å². The number of H-pyrrole nitrogens is 1. The number of hydrogen-bond acceptors (Lipinski definition) is 3. The number of nitrogens with one attached hydrogen (secondary N) is 1. The number of amides is 1. The maximum Gasteiger partial charge on any atom is 0.257 e. The van der Waals surface area contributed by atoms with Crippen LogP contribution in [0.1, 0.15) is 22.3 Å². The summed E-state index contributed by atoms with van der Waals surface area (Å²) in [5, 5.41) is 15.6. The lowest BCUT2D eigenvalue weighted by Gasteiger charge is -2.30. The smallest absolute Gasteiger partial charge is 0.257 e. The summed E-state index contributed by atoms with van der Waals surface area (Å²) >= 11 is 0. The molecule has 1 aliphatic heterocycles. The van der Waals surface area contributed by atoms with E-state index in [2.05, 4.69) is 16.3 Å². The second-order valence-electron chi connectivity index (χ2n) is 4.49. The molecule has 5 nitrogen and oxygen atoms in total. The molecule has 1 aromatic carbocycles. The molecule has 19 heavy (non-hydrogen) atoms. The van der Waals surface area contributed by atoms with Gasteiger partial charge in [-0.25, -0.2) is 0 Å². The van der Waals surface area contributed by atoms with Gasteiger partial charge in [0.15, 0.2) is 0 Å². The Morgan fingerprint density at radius 2 is 2.05 bits per heavy atom. The minimum atomic E-state index is 0.0133. The molecule has 1 N–H and O–H groups in total. The molecule has 0 spiro atoms. The monoisotopic (exact) mass is 252 g/mol. The zero-order chi connectivity index (χ0) is 13.2. The first-order valence-electron chi connectivity index (χ1n) is 6.13. The van der Waals surface area contributed by atoms with Crippen LogP contribution in [-0.2, 0) is 0 Å². The van der Waals surface area contributed by atoms with E-state index in [1.165, 1.54) is 0 Å². The van der Waals surface area contributed by atoms with E-state index >= 15 is 0 Å². The van der Waals surface area contributed by atoms with E-state index in [4.69, 9.17) is 5.26 Å². The number of rotatable bonds is 2. The molecule has 0 aliphatic carbocycles. The Balaban J connectivity index is 1.94. The van der Waals surface area contributed by atoms with Crippen molar-refractivity contribution in [1.29, 1.82) is 5.26 Å². The number of nitrogens with zero attached hydrogens (tertiary/aromatic N) is 3. The molecule has 3 rings (SSSR count). The van der Waals surface area contributed by atoms with Crippen molar-refractivity contribution >= 4 is 5.91 Å². The van der Waals surface area contributed by atoms with Crippen molar-refractivity contribution in [3.8, 4) is 17.3 Å². The summed E-state index contributed by atoms with van der Waals surface area (Å²) in [6.45, 7) is 1.63. The van der Waals surface area contributed by atoms with Gasteiger partial charge in [0.05, 0.1) is 29.1 Å².